The van der Waals surface area contributed by atoms with Gasteiger partial charge in [-0.25, -0.2) is 4.98 Å². The molecule has 24 heavy (non-hydrogen) atoms. The molecule has 3 rings (SSSR count). The molecule has 0 radical (unpaired) electrons. The van der Waals surface area contributed by atoms with E-state index in [1.54, 1.807) is 0 Å². The van der Waals surface area contributed by atoms with E-state index in [0.29, 0.717) is 6.54 Å². The molecule has 3 aromatic rings. The second kappa shape index (κ2) is 7.05. The zero-order valence-corrected chi connectivity index (χ0v) is 15.1. The van der Waals surface area contributed by atoms with E-state index in [2.05, 4.69) is 26.2 Å². The fourth-order valence-corrected chi connectivity index (χ4v) is 2.86. The van der Waals surface area contributed by atoms with E-state index < -0.39 is 0 Å². The summed E-state index contributed by atoms with van der Waals surface area (Å²) in [5.41, 5.74) is 3.69. The smallest absolute Gasteiger partial charge is 0.258 e. The third-order valence-electron chi connectivity index (χ3n) is 3.69. The van der Waals surface area contributed by atoms with E-state index in [0.717, 1.165) is 32.7 Å². The van der Waals surface area contributed by atoms with Gasteiger partial charge in [-0.2, -0.15) is 0 Å². The zero-order chi connectivity index (χ0) is 17.1. The fraction of sp³-hybridized carbons (Fsp3) is 0.222. The highest BCUT2D eigenvalue weighted by molar-refractivity contribution is 9.10. The van der Waals surface area contributed by atoms with Crippen LogP contribution in [-0.4, -0.2) is 21.9 Å². The summed E-state index contributed by atoms with van der Waals surface area (Å²) in [7, 11) is 0. The standard InChI is InChI=1S/C18H18BrN3O2/c1-12-4-3-5-13(2)18(12)24-11-17(23)20-8-15-10-22-9-14(19)6-7-16(22)21-15/h3-7,9-10H,8,11H2,1-2H3,(H,20,23). The number of amides is 1. The van der Waals surface area contributed by atoms with E-state index in [1.807, 2.05) is 61.0 Å². The van der Waals surface area contributed by atoms with E-state index in [1.165, 1.54) is 0 Å². The van der Waals surface area contributed by atoms with Crippen LogP contribution in [0.15, 0.2) is 47.2 Å². The van der Waals surface area contributed by atoms with Crippen LogP contribution in [0.5, 0.6) is 5.75 Å². The second-order valence-corrected chi connectivity index (χ2v) is 6.55. The Morgan fingerprint density at radius 2 is 1.96 bits per heavy atom. The van der Waals surface area contributed by atoms with Gasteiger partial charge in [0.25, 0.3) is 5.91 Å². The van der Waals surface area contributed by atoms with Crippen LogP contribution in [0.2, 0.25) is 0 Å². The number of fused-ring (bicyclic) bond motifs is 1. The average molecular weight is 388 g/mol. The summed E-state index contributed by atoms with van der Waals surface area (Å²) in [6, 6.07) is 9.76. The summed E-state index contributed by atoms with van der Waals surface area (Å²) in [6.45, 7) is 4.29. The molecule has 2 heterocycles. The molecule has 0 aliphatic carbocycles. The van der Waals surface area contributed by atoms with Crippen molar-refractivity contribution in [3.8, 4) is 5.75 Å². The summed E-state index contributed by atoms with van der Waals surface area (Å²) < 4.78 is 8.54. The van der Waals surface area contributed by atoms with Gasteiger partial charge >= 0.3 is 0 Å². The molecule has 5 nitrogen and oxygen atoms in total. The molecule has 1 amide bonds. The number of carbonyl (C=O) groups excluding carboxylic acids is 1. The van der Waals surface area contributed by atoms with Crippen LogP contribution in [0.1, 0.15) is 16.8 Å². The number of pyridine rings is 1. The number of para-hydroxylation sites is 1. The summed E-state index contributed by atoms with van der Waals surface area (Å²) in [5, 5.41) is 2.83. The van der Waals surface area contributed by atoms with E-state index in [4.69, 9.17) is 4.74 Å². The van der Waals surface area contributed by atoms with E-state index in [-0.39, 0.29) is 12.5 Å². The fourth-order valence-electron chi connectivity index (χ4n) is 2.51. The highest BCUT2D eigenvalue weighted by atomic mass is 79.9. The number of aryl methyl sites for hydroxylation is 2. The number of halogens is 1. The Labute approximate surface area is 148 Å². The molecule has 6 heteroatoms. The SMILES string of the molecule is Cc1cccc(C)c1OCC(=O)NCc1cn2cc(Br)ccc2n1. The maximum absolute atomic E-state index is 12.0. The summed E-state index contributed by atoms with van der Waals surface area (Å²) in [5.74, 6) is 0.598. The van der Waals surface area contributed by atoms with Crippen molar-refractivity contribution < 1.29 is 9.53 Å². The lowest BCUT2D eigenvalue weighted by atomic mass is 10.1. The van der Waals surface area contributed by atoms with Crippen molar-refractivity contribution in [3.05, 3.63) is 64.0 Å². The summed E-state index contributed by atoms with van der Waals surface area (Å²) >= 11 is 3.42. The van der Waals surface area contributed by atoms with Crippen molar-refractivity contribution in [2.75, 3.05) is 6.61 Å². The normalized spacial score (nSPS) is 10.8. The van der Waals surface area contributed by atoms with Crippen LogP contribution < -0.4 is 10.1 Å². The van der Waals surface area contributed by atoms with Crippen molar-refractivity contribution in [2.45, 2.75) is 20.4 Å². The van der Waals surface area contributed by atoms with Crippen LogP contribution in [-0.2, 0) is 11.3 Å². The van der Waals surface area contributed by atoms with Crippen molar-refractivity contribution >= 4 is 27.5 Å². The molecule has 0 atom stereocenters. The molecule has 0 bridgehead atoms. The van der Waals surface area contributed by atoms with Gasteiger partial charge in [0.15, 0.2) is 6.61 Å². The highest BCUT2D eigenvalue weighted by Gasteiger charge is 2.08. The van der Waals surface area contributed by atoms with Gasteiger partial charge in [-0.05, 0) is 53.0 Å². The van der Waals surface area contributed by atoms with Crippen LogP contribution in [0.25, 0.3) is 5.65 Å². The Morgan fingerprint density at radius 1 is 1.21 bits per heavy atom. The molecule has 1 aromatic carbocycles. The molecule has 0 saturated carbocycles. The Bertz CT molecular complexity index is 869. The van der Waals surface area contributed by atoms with Gasteiger partial charge in [-0.1, -0.05) is 18.2 Å². The first-order chi connectivity index (χ1) is 11.5. The van der Waals surface area contributed by atoms with Crippen molar-refractivity contribution in [2.24, 2.45) is 0 Å². The Balaban J connectivity index is 1.57. The van der Waals surface area contributed by atoms with Crippen LogP contribution >= 0.6 is 15.9 Å². The van der Waals surface area contributed by atoms with Crippen LogP contribution in [0.4, 0.5) is 0 Å². The first kappa shape index (κ1) is 16.5. The molecular weight excluding hydrogens is 370 g/mol. The molecule has 0 aliphatic rings. The molecule has 0 aliphatic heterocycles. The number of nitrogens with one attached hydrogen (secondary N) is 1. The van der Waals surface area contributed by atoms with Gasteiger partial charge in [0.1, 0.15) is 11.4 Å². The number of benzene rings is 1. The van der Waals surface area contributed by atoms with Gasteiger partial charge in [-0.15, -0.1) is 0 Å². The first-order valence-corrected chi connectivity index (χ1v) is 8.41. The Morgan fingerprint density at radius 3 is 2.71 bits per heavy atom. The summed E-state index contributed by atoms with van der Waals surface area (Å²) in [4.78, 5) is 16.5. The third-order valence-corrected chi connectivity index (χ3v) is 4.16. The molecule has 124 valence electrons. The van der Waals surface area contributed by atoms with Gasteiger partial charge < -0.3 is 14.5 Å². The number of carbonyl (C=O) groups is 1. The maximum atomic E-state index is 12.0. The van der Waals surface area contributed by atoms with Gasteiger partial charge in [0.2, 0.25) is 0 Å². The minimum absolute atomic E-state index is 0.00931. The molecule has 0 fully saturated rings. The predicted molar refractivity (Wildman–Crippen MR) is 96.1 cm³/mol. The van der Waals surface area contributed by atoms with Crippen molar-refractivity contribution in [1.29, 1.82) is 0 Å². The minimum atomic E-state index is -0.170. The largest absolute Gasteiger partial charge is 0.483 e. The van der Waals surface area contributed by atoms with Crippen LogP contribution in [0, 0.1) is 13.8 Å². The molecule has 0 spiro atoms. The predicted octanol–water partition coefficient (Wildman–Crippen LogP) is 3.41. The number of imidazole rings is 1. The van der Waals surface area contributed by atoms with Crippen molar-refractivity contribution in [1.82, 2.24) is 14.7 Å². The Hall–Kier alpha value is -2.34. The van der Waals surface area contributed by atoms with Gasteiger partial charge in [0.05, 0.1) is 12.2 Å². The summed E-state index contributed by atoms with van der Waals surface area (Å²) in [6.07, 6.45) is 3.82. The number of nitrogens with zero attached hydrogens (tertiary/aromatic N) is 2. The number of hydrogen-bond acceptors (Lipinski definition) is 3. The van der Waals surface area contributed by atoms with Gasteiger partial charge in [-0.3, -0.25) is 4.79 Å². The monoisotopic (exact) mass is 387 g/mol. The quantitative estimate of drug-likeness (QED) is 0.729. The highest BCUT2D eigenvalue weighted by Crippen LogP contribution is 2.22. The molecular formula is C18H18BrN3O2. The lowest BCUT2D eigenvalue weighted by molar-refractivity contribution is -0.123. The average Bonchev–Trinajstić information content (AvgIpc) is 2.94. The number of ether oxygens (including phenoxy) is 1. The second-order valence-electron chi connectivity index (χ2n) is 5.63. The molecule has 2 aromatic heterocycles. The third kappa shape index (κ3) is 3.76. The number of hydrogen-bond donors (Lipinski definition) is 1. The molecule has 0 saturated heterocycles. The lowest BCUT2D eigenvalue weighted by Crippen LogP contribution is -2.28. The zero-order valence-electron chi connectivity index (χ0n) is 13.5. The van der Waals surface area contributed by atoms with E-state index in [9.17, 15) is 4.79 Å². The molecule has 1 N–H and O–H groups in total. The minimum Gasteiger partial charge on any atom is -0.483 e. The van der Waals surface area contributed by atoms with E-state index >= 15 is 0 Å². The van der Waals surface area contributed by atoms with Crippen LogP contribution in [0.3, 0.4) is 0 Å². The Kier molecular flexibility index (Phi) is 4.85. The first-order valence-electron chi connectivity index (χ1n) is 7.62. The number of rotatable bonds is 5. The number of aromatic nitrogens is 2. The maximum Gasteiger partial charge on any atom is 0.258 e. The lowest BCUT2D eigenvalue weighted by Gasteiger charge is -2.11. The topological polar surface area (TPSA) is 55.6 Å². The molecule has 0 unspecified atom stereocenters. The van der Waals surface area contributed by atoms with Crippen molar-refractivity contribution in [3.63, 3.8) is 0 Å². The van der Waals surface area contributed by atoms with Gasteiger partial charge in [0, 0.05) is 16.9 Å².